The van der Waals surface area contributed by atoms with E-state index in [0.717, 1.165) is 23.5 Å². The molecule has 7 nitrogen and oxygen atoms in total. The normalized spacial score (nSPS) is 10.3. The van der Waals surface area contributed by atoms with E-state index in [-0.39, 0.29) is 11.4 Å². The fraction of sp³-hybridized carbons (Fsp3) is 0.250. The number of hydrogen-bond acceptors (Lipinski definition) is 5. The van der Waals surface area contributed by atoms with Crippen molar-refractivity contribution in [1.82, 2.24) is 15.3 Å². The molecule has 2 aromatic rings. The molecule has 0 bridgehead atoms. The largest absolute Gasteiger partial charge is 0.476 e. The molecule has 0 aliphatic carbocycles. The average Bonchev–Trinajstić information content (AvgIpc) is 2.58. The van der Waals surface area contributed by atoms with Crippen LogP contribution in [0.15, 0.2) is 36.7 Å². The maximum absolute atomic E-state index is 11.9. The quantitative estimate of drug-likeness (QED) is 0.805. The molecule has 7 heteroatoms. The number of carboxylic acid groups (broad SMARTS) is 1. The number of carbonyl (C=O) groups excluding carboxylic acids is 1. The van der Waals surface area contributed by atoms with Gasteiger partial charge in [-0.05, 0) is 18.1 Å². The van der Waals surface area contributed by atoms with E-state index in [2.05, 4.69) is 15.3 Å². The molecule has 0 saturated carbocycles. The van der Waals surface area contributed by atoms with Crippen LogP contribution in [0.2, 0.25) is 0 Å². The van der Waals surface area contributed by atoms with Crippen molar-refractivity contribution in [2.75, 3.05) is 6.61 Å². The highest BCUT2D eigenvalue weighted by molar-refractivity contribution is 5.92. The van der Waals surface area contributed by atoms with Crippen LogP contribution in [0.4, 0.5) is 0 Å². The van der Waals surface area contributed by atoms with E-state index < -0.39 is 11.9 Å². The molecule has 1 aromatic heterocycles. The lowest BCUT2D eigenvalue weighted by molar-refractivity contribution is 0.0689. The Kier molecular flexibility index (Phi) is 5.76. The number of carbonyl (C=O) groups is 2. The molecule has 0 unspecified atom stereocenters. The molecule has 2 rings (SSSR count). The summed E-state index contributed by atoms with van der Waals surface area (Å²) < 4.78 is 5.32. The van der Waals surface area contributed by atoms with Gasteiger partial charge in [-0.15, -0.1) is 0 Å². The van der Waals surface area contributed by atoms with Crippen molar-refractivity contribution in [3.8, 4) is 0 Å². The van der Waals surface area contributed by atoms with Gasteiger partial charge in [0.05, 0.1) is 19.0 Å². The van der Waals surface area contributed by atoms with Crippen LogP contribution in [0.1, 0.15) is 39.0 Å². The summed E-state index contributed by atoms with van der Waals surface area (Å²) in [5.41, 5.74) is 1.88. The Morgan fingerprint density at radius 3 is 2.26 bits per heavy atom. The standard InChI is InChI=1S/C16H17N3O4/c1-2-23-10-12-5-3-11(4-6-12)7-19-15(20)13-8-18-14(9-17-13)16(21)22/h3-6,8-9H,2,7,10H2,1H3,(H,19,20)(H,21,22). The van der Waals surface area contributed by atoms with Crippen LogP contribution >= 0.6 is 0 Å². The number of nitrogens with one attached hydrogen (secondary N) is 1. The molecule has 23 heavy (non-hydrogen) atoms. The van der Waals surface area contributed by atoms with Crippen LogP contribution in [-0.2, 0) is 17.9 Å². The molecule has 2 N–H and O–H groups in total. The Morgan fingerprint density at radius 1 is 1.09 bits per heavy atom. The van der Waals surface area contributed by atoms with E-state index in [4.69, 9.17) is 9.84 Å². The first-order valence-electron chi connectivity index (χ1n) is 7.09. The van der Waals surface area contributed by atoms with Gasteiger partial charge in [0, 0.05) is 13.2 Å². The molecule has 0 fully saturated rings. The number of carboxylic acids is 1. The minimum Gasteiger partial charge on any atom is -0.476 e. The van der Waals surface area contributed by atoms with E-state index in [1.807, 2.05) is 31.2 Å². The van der Waals surface area contributed by atoms with E-state index >= 15 is 0 Å². The molecule has 0 saturated heterocycles. The van der Waals surface area contributed by atoms with Gasteiger partial charge in [0.2, 0.25) is 0 Å². The molecule has 0 atom stereocenters. The molecule has 0 aliphatic rings. The zero-order valence-electron chi connectivity index (χ0n) is 12.7. The minimum atomic E-state index is -1.18. The molecule has 0 spiro atoms. The van der Waals surface area contributed by atoms with Gasteiger partial charge in [0.1, 0.15) is 5.69 Å². The third-order valence-corrected chi connectivity index (χ3v) is 3.05. The van der Waals surface area contributed by atoms with Crippen molar-refractivity contribution in [1.29, 1.82) is 0 Å². The van der Waals surface area contributed by atoms with Gasteiger partial charge in [0.15, 0.2) is 5.69 Å². The number of amides is 1. The first-order chi connectivity index (χ1) is 11.1. The monoisotopic (exact) mass is 315 g/mol. The number of hydrogen-bond donors (Lipinski definition) is 2. The van der Waals surface area contributed by atoms with Crippen LogP contribution in [0.3, 0.4) is 0 Å². The molecule has 1 amide bonds. The highest BCUT2D eigenvalue weighted by atomic mass is 16.5. The first-order valence-corrected chi connectivity index (χ1v) is 7.09. The van der Waals surface area contributed by atoms with Crippen molar-refractivity contribution in [3.05, 3.63) is 59.2 Å². The smallest absolute Gasteiger partial charge is 0.356 e. The van der Waals surface area contributed by atoms with Crippen LogP contribution in [-0.4, -0.2) is 33.6 Å². The van der Waals surface area contributed by atoms with E-state index in [0.29, 0.717) is 19.8 Å². The highest BCUT2D eigenvalue weighted by Gasteiger charge is 2.10. The fourth-order valence-electron chi connectivity index (χ4n) is 1.80. The number of nitrogens with zero attached hydrogens (tertiary/aromatic N) is 2. The number of benzene rings is 1. The van der Waals surface area contributed by atoms with E-state index in [1.165, 1.54) is 0 Å². The number of aromatic nitrogens is 2. The summed E-state index contributed by atoms with van der Waals surface area (Å²) in [5, 5.41) is 11.4. The summed E-state index contributed by atoms with van der Waals surface area (Å²) in [5.74, 6) is -1.59. The molecule has 0 radical (unpaired) electrons. The van der Waals surface area contributed by atoms with Crippen molar-refractivity contribution >= 4 is 11.9 Å². The topological polar surface area (TPSA) is 101 Å². The average molecular weight is 315 g/mol. The predicted octanol–water partition coefficient (Wildman–Crippen LogP) is 1.64. The number of ether oxygens (including phenoxy) is 1. The predicted molar refractivity (Wildman–Crippen MR) is 81.9 cm³/mol. The highest BCUT2D eigenvalue weighted by Crippen LogP contribution is 2.06. The molecular weight excluding hydrogens is 298 g/mol. The second-order valence-electron chi connectivity index (χ2n) is 4.73. The van der Waals surface area contributed by atoms with Crippen LogP contribution in [0.25, 0.3) is 0 Å². The van der Waals surface area contributed by atoms with Gasteiger partial charge in [-0.2, -0.15) is 0 Å². The summed E-state index contributed by atoms with van der Waals surface area (Å²) in [4.78, 5) is 30.0. The van der Waals surface area contributed by atoms with Crippen LogP contribution in [0, 0.1) is 0 Å². The third kappa shape index (κ3) is 4.86. The Bertz CT molecular complexity index is 669. The molecule has 1 heterocycles. The summed E-state index contributed by atoms with van der Waals surface area (Å²) in [6.45, 7) is 3.51. The maximum atomic E-state index is 11.9. The van der Waals surface area contributed by atoms with Crippen LogP contribution in [0.5, 0.6) is 0 Å². The van der Waals surface area contributed by atoms with Crippen molar-refractivity contribution in [2.45, 2.75) is 20.1 Å². The summed E-state index contributed by atoms with van der Waals surface area (Å²) in [6, 6.07) is 7.71. The van der Waals surface area contributed by atoms with E-state index in [9.17, 15) is 9.59 Å². The molecule has 1 aromatic carbocycles. The molecular formula is C16H17N3O4. The Balaban J connectivity index is 1.89. The number of rotatable bonds is 7. The maximum Gasteiger partial charge on any atom is 0.356 e. The summed E-state index contributed by atoms with van der Waals surface area (Å²) >= 11 is 0. The van der Waals surface area contributed by atoms with Crippen molar-refractivity contribution < 1.29 is 19.4 Å². The van der Waals surface area contributed by atoms with Crippen molar-refractivity contribution in [2.24, 2.45) is 0 Å². The van der Waals surface area contributed by atoms with Gasteiger partial charge in [-0.3, -0.25) is 4.79 Å². The number of aromatic carboxylic acids is 1. The lowest BCUT2D eigenvalue weighted by atomic mass is 10.1. The van der Waals surface area contributed by atoms with Gasteiger partial charge < -0.3 is 15.2 Å². The summed E-state index contributed by atoms with van der Waals surface area (Å²) in [6.07, 6.45) is 2.20. The summed E-state index contributed by atoms with van der Waals surface area (Å²) in [7, 11) is 0. The van der Waals surface area contributed by atoms with Crippen molar-refractivity contribution in [3.63, 3.8) is 0 Å². The Hall–Kier alpha value is -2.80. The zero-order chi connectivity index (χ0) is 16.7. The second-order valence-corrected chi connectivity index (χ2v) is 4.73. The SMILES string of the molecule is CCOCc1ccc(CNC(=O)c2cnc(C(=O)O)cn2)cc1. The van der Waals surface area contributed by atoms with Gasteiger partial charge in [0.25, 0.3) is 5.91 Å². The third-order valence-electron chi connectivity index (χ3n) is 3.05. The van der Waals surface area contributed by atoms with Gasteiger partial charge in [-0.25, -0.2) is 14.8 Å². The van der Waals surface area contributed by atoms with Gasteiger partial charge in [-0.1, -0.05) is 24.3 Å². The Morgan fingerprint density at radius 2 is 1.70 bits per heavy atom. The lowest BCUT2D eigenvalue weighted by Crippen LogP contribution is -2.24. The van der Waals surface area contributed by atoms with Crippen LogP contribution < -0.4 is 5.32 Å². The zero-order valence-corrected chi connectivity index (χ0v) is 12.7. The van der Waals surface area contributed by atoms with E-state index in [1.54, 1.807) is 0 Å². The van der Waals surface area contributed by atoms with Gasteiger partial charge >= 0.3 is 5.97 Å². The lowest BCUT2D eigenvalue weighted by Gasteiger charge is -2.06. The first kappa shape index (κ1) is 16.6. The molecule has 0 aliphatic heterocycles. The minimum absolute atomic E-state index is 0.0722. The molecule has 120 valence electrons. The second kappa shape index (κ2) is 8.00. The fourth-order valence-corrected chi connectivity index (χ4v) is 1.80. The Labute approximate surface area is 133 Å².